The average Bonchev–Trinajstić information content (AvgIpc) is 2.58. The Kier molecular flexibility index (Phi) is 5.84. The van der Waals surface area contributed by atoms with Crippen LogP contribution in [0.1, 0.15) is 31.0 Å². The van der Waals surface area contributed by atoms with Crippen molar-refractivity contribution in [1.29, 1.82) is 0 Å². The van der Waals surface area contributed by atoms with E-state index in [1.165, 1.54) is 0 Å². The Labute approximate surface area is 105 Å². The molecule has 0 aromatic carbocycles. The number of aryl methyl sites for hydroxylation is 1. The van der Waals surface area contributed by atoms with Gasteiger partial charge in [0, 0.05) is 29.3 Å². The minimum Gasteiger partial charge on any atom is -0.354 e. The lowest BCUT2D eigenvalue weighted by molar-refractivity contribution is -0.121. The van der Waals surface area contributed by atoms with Crippen LogP contribution in [0.4, 0.5) is 0 Å². The number of hydrogen-bond acceptors (Lipinski definition) is 4. The van der Waals surface area contributed by atoms with E-state index in [1.54, 1.807) is 23.1 Å². The maximum atomic E-state index is 11.3. The first-order valence-corrected chi connectivity index (χ1v) is 7.39. The second-order valence-electron chi connectivity index (χ2n) is 3.88. The number of amides is 1. The molecule has 1 aromatic heterocycles. The molecular weight excluding hydrogens is 240 g/mol. The van der Waals surface area contributed by atoms with E-state index in [0.717, 1.165) is 22.2 Å². The van der Waals surface area contributed by atoms with Crippen molar-refractivity contribution >= 4 is 29.0 Å². The van der Waals surface area contributed by atoms with Gasteiger partial charge in [-0.25, -0.2) is 4.98 Å². The molecular formula is C11H18N2OS2. The van der Waals surface area contributed by atoms with Crippen molar-refractivity contribution in [2.75, 3.05) is 5.75 Å². The molecule has 1 rings (SSSR count). The number of thioether (sulfide) groups is 1. The Morgan fingerprint density at radius 3 is 2.94 bits per heavy atom. The summed E-state index contributed by atoms with van der Waals surface area (Å²) < 4.78 is 0. The third-order valence-electron chi connectivity index (χ3n) is 1.84. The molecule has 0 fully saturated rings. The standard InChI is InChI=1S/C11H18N2OS2/c1-8(2)12-11(14)4-5-15-6-10-7-16-9(3)13-10/h7-8H,4-6H2,1-3H3,(H,12,14). The van der Waals surface area contributed by atoms with Gasteiger partial charge in [-0.2, -0.15) is 11.8 Å². The van der Waals surface area contributed by atoms with Crippen molar-refractivity contribution in [3.63, 3.8) is 0 Å². The van der Waals surface area contributed by atoms with Gasteiger partial charge in [-0.05, 0) is 20.8 Å². The number of thiazole rings is 1. The van der Waals surface area contributed by atoms with E-state index in [9.17, 15) is 4.79 Å². The molecule has 3 nitrogen and oxygen atoms in total. The van der Waals surface area contributed by atoms with Crippen molar-refractivity contribution in [3.05, 3.63) is 16.1 Å². The van der Waals surface area contributed by atoms with Crippen LogP contribution in [0.2, 0.25) is 0 Å². The van der Waals surface area contributed by atoms with E-state index in [1.807, 2.05) is 20.8 Å². The molecule has 0 atom stereocenters. The van der Waals surface area contributed by atoms with E-state index < -0.39 is 0 Å². The Balaban J connectivity index is 2.10. The topological polar surface area (TPSA) is 42.0 Å². The molecule has 0 spiro atoms. The maximum Gasteiger partial charge on any atom is 0.221 e. The lowest BCUT2D eigenvalue weighted by Gasteiger charge is -2.07. The predicted octanol–water partition coefficient (Wildman–Crippen LogP) is 2.60. The van der Waals surface area contributed by atoms with Gasteiger partial charge in [0.15, 0.2) is 0 Å². The molecule has 0 bridgehead atoms. The minimum absolute atomic E-state index is 0.136. The number of carbonyl (C=O) groups excluding carboxylic acids is 1. The third-order valence-corrected chi connectivity index (χ3v) is 3.65. The molecule has 0 unspecified atom stereocenters. The zero-order valence-corrected chi connectivity index (χ0v) is 11.6. The number of nitrogens with one attached hydrogen (secondary N) is 1. The van der Waals surface area contributed by atoms with E-state index in [4.69, 9.17) is 0 Å². The monoisotopic (exact) mass is 258 g/mol. The zero-order chi connectivity index (χ0) is 12.0. The Morgan fingerprint density at radius 2 is 2.38 bits per heavy atom. The van der Waals surface area contributed by atoms with Gasteiger partial charge in [0.05, 0.1) is 10.7 Å². The van der Waals surface area contributed by atoms with Crippen molar-refractivity contribution in [1.82, 2.24) is 10.3 Å². The van der Waals surface area contributed by atoms with Crippen molar-refractivity contribution < 1.29 is 4.79 Å². The number of nitrogens with zero attached hydrogens (tertiary/aromatic N) is 1. The second-order valence-corrected chi connectivity index (χ2v) is 6.05. The molecule has 1 heterocycles. The molecule has 0 aliphatic carbocycles. The predicted molar refractivity (Wildman–Crippen MR) is 70.9 cm³/mol. The summed E-state index contributed by atoms with van der Waals surface area (Å²) in [5, 5.41) is 6.06. The first-order valence-electron chi connectivity index (χ1n) is 5.36. The summed E-state index contributed by atoms with van der Waals surface area (Å²) in [4.78, 5) is 15.7. The third kappa shape index (κ3) is 5.51. The van der Waals surface area contributed by atoms with Crippen molar-refractivity contribution in [2.45, 2.75) is 39.0 Å². The highest BCUT2D eigenvalue weighted by molar-refractivity contribution is 7.98. The SMILES string of the molecule is Cc1nc(CSCCC(=O)NC(C)C)cs1. The summed E-state index contributed by atoms with van der Waals surface area (Å²) in [7, 11) is 0. The molecule has 0 saturated heterocycles. The number of carbonyl (C=O) groups is 1. The van der Waals surface area contributed by atoms with Gasteiger partial charge in [0.1, 0.15) is 0 Å². The summed E-state index contributed by atoms with van der Waals surface area (Å²) >= 11 is 3.43. The van der Waals surface area contributed by atoms with Gasteiger partial charge in [0.25, 0.3) is 0 Å². The van der Waals surface area contributed by atoms with Gasteiger partial charge >= 0.3 is 0 Å². The van der Waals surface area contributed by atoms with E-state index in [0.29, 0.717) is 6.42 Å². The van der Waals surface area contributed by atoms with E-state index in [-0.39, 0.29) is 11.9 Å². The molecule has 0 aliphatic rings. The Bertz CT molecular complexity index is 336. The highest BCUT2D eigenvalue weighted by atomic mass is 32.2. The molecule has 1 aromatic rings. The largest absolute Gasteiger partial charge is 0.354 e. The molecule has 90 valence electrons. The summed E-state index contributed by atoms with van der Waals surface area (Å²) in [5.74, 6) is 1.89. The molecule has 1 N–H and O–H groups in total. The first-order chi connectivity index (χ1) is 7.58. The summed E-state index contributed by atoms with van der Waals surface area (Å²) in [5.41, 5.74) is 1.12. The van der Waals surface area contributed by atoms with Crippen LogP contribution in [0.25, 0.3) is 0 Å². The highest BCUT2D eigenvalue weighted by Gasteiger charge is 2.03. The van der Waals surface area contributed by atoms with Crippen LogP contribution in [-0.4, -0.2) is 22.7 Å². The van der Waals surface area contributed by atoms with Gasteiger partial charge in [-0.3, -0.25) is 4.79 Å². The molecule has 0 radical (unpaired) electrons. The lowest BCUT2D eigenvalue weighted by Crippen LogP contribution is -2.30. The normalized spacial score (nSPS) is 10.8. The fourth-order valence-electron chi connectivity index (χ4n) is 1.21. The molecule has 0 aliphatic heterocycles. The fraction of sp³-hybridized carbons (Fsp3) is 0.636. The lowest BCUT2D eigenvalue weighted by atomic mass is 10.3. The summed E-state index contributed by atoms with van der Waals surface area (Å²) in [6, 6.07) is 0.235. The van der Waals surface area contributed by atoms with Crippen LogP contribution in [0.3, 0.4) is 0 Å². The second kappa shape index (κ2) is 6.91. The maximum absolute atomic E-state index is 11.3. The van der Waals surface area contributed by atoms with Crippen LogP contribution in [0, 0.1) is 6.92 Å². The number of aromatic nitrogens is 1. The molecule has 16 heavy (non-hydrogen) atoms. The van der Waals surface area contributed by atoms with Gasteiger partial charge in [0.2, 0.25) is 5.91 Å². The highest BCUT2D eigenvalue weighted by Crippen LogP contribution is 2.15. The van der Waals surface area contributed by atoms with Gasteiger partial charge in [-0.1, -0.05) is 0 Å². The number of hydrogen-bond donors (Lipinski definition) is 1. The van der Waals surface area contributed by atoms with Crippen LogP contribution < -0.4 is 5.32 Å². The van der Waals surface area contributed by atoms with Crippen molar-refractivity contribution in [2.24, 2.45) is 0 Å². The van der Waals surface area contributed by atoms with Crippen molar-refractivity contribution in [3.8, 4) is 0 Å². The zero-order valence-electron chi connectivity index (χ0n) is 9.95. The minimum atomic E-state index is 0.136. The van der Waals surface area contributed by atoms with Crippen LogP contribution in [0.5, 0.6) is 0 Å². The van der Waals surface area contributed by atoms with Crippen LogP contribution >= 0.6 is 23.1 Å². The first kappa shape index (κ1) is 13.5. The average molecular weight is 258 g/mol. The number of rotatable bonds is 6. The molecule has 5 heteroatoms. The van der Waals surface area contributed by atoms with Gasteiger partial charge < -0.3 is 5.32 Å². The Morgan fingerprint density at radius 1 is 1.62 bits per heavy atom. The molecule has 1 amide bonds. The van der Waals surface area contributed by atoms with E-state index >= 15 is 0 Å². The summed E-state index contributed by atoms with van der Waals surface area (Å²) in [6.07, 6.45) is 0.589. The van der Waals surface area contributed by atoms with Crippen LogP contribution in [-0.2, 0) is 10.5 Å². The quantitative estimate of drug-likeness (QED) is 0.798. The Hall–Kier alpha value is -0.550. The fourth-order valence-corrected chi connectivity index (χ4v) is 2.76. The van der Waals surface area contributed by atoms with Crippen LogP contribution in [0.15, 0.2) is 5.38 Å². The smallest absolute Gasteiger partial charge is 0.221 e. The molecule has 0 saturated carbocycles. The van der Waals surface area contributed by atoms with Gasteiger partial charge in [-0.15, -0.1) is 11.3 Å². The summed E-state index contributed by atoms with van der Waals surface area (Å²) in [6.45, 7) is 5.96. The van der Waals surface area contributed by atoms with E-state index in [2.05, 4.69) is 15.7 Å².